The van der Waals surface area contributed by atoms with Crippen LogP contribution in [-0.2, 0) is 21.4 Å². The van der Waals surface area contributed by atoms with E-state index in [1.165, 1.54) is 33.6 Å². The van der Waals surface area contributed by atoms with Crippen LogP contribution in [0.4, 0.5) is 0 Å². The van der Waals surface area contributed by atoms with Gasteiger partial charge in [-0.25, -0.2) is 9.48 Å². The summed E-state index contributed by atoms with van der Waals surface area (Å²) in [6.45, 7) is 0. The number of aliphatic hydroxyl groups is 1. The lowest BCUT2D eigenvalue weighted by Gasteiger charge is -2.49. The first kappa shape index (κ1) is 21.5. The lowest BCUT2D eigenvalue weighted by Crippen LogP contribution is -2.70. The van der Waals surface area contributed by atoms with Crippen molar-refractivity contribution in [2.24, 2.45) is 7.05 Å². The third-order valence-electron chi connectivity index (χ3n) is 4.59. The Morgan fingerprint density at radius 2 is 2.23 bits per heavy atom. The first-order chi connectivity index (χ1) is 14.8. The molecule has 0 spiro atoms. The number of carbonyl (C=O) groups is 3. The summed E-state index contributed by atoms with van der Waals surface area (Å²) in [7, 11) is 1.66. The SMILES string of the molecule is Cn1nnnc1SCC1=C(C(=O)O)N2C(=O)C(NC(=O)C(O)c3csc(=O)[nH]3)C2SC1. The average molecular weight is 486 g/mol. The van der Waals surface area contributed by atoms with Crippen molar-refractivity contribution in [3.63, 3.8) is 0 Å². The van der Waals surface area contributed by atoms with Crippen LogP contribution in [0.2, 0.25) is 0 Å². The Labute approximate surface area is 185 Å². The third kappa shape index (κ3) is 3.98. The second-order valence-electron chi connectivity index (χ2n) is 6.53. The van der Waals surface area contributed by atoms with Crippen molar-refractivity contribution in [3.05, 3.63) is 32.0 Å². The van der Waals surface area contributed by atoms with E-state index in [2.05, 4.69) is 25.8 Å². The van der Waals surface area contributed by atoms with Crippen molar-refractivity contribution < 1.29 is 24.6 Å². The number of thioether (sulfide) groups is 2. The monoisotopic (exact) mass is 485 g/mol. The number of aromatic amines is 1. The lowest BCUT2D eigenvalue weighted by atomic mass is 10.0. The molecule has 1 fully saturated rings. The van der Waals surface area contributed by atoms with Gasteiger partial charge in [0, 0.05) is 23.9 Å². The molecule has 0 saturated carbocycles. The average Bonchev–Trinajstić information content (AvgIpc) is 3.36. The van der Waals surface area contributed by atoms with Crippen molar-refractivity contribution in [3.8, 4) is 0 Å². The highest BCUT2D eigenvalue weighted by Crippen LogP contribution is 2.41. The van der Waals surface area contributed by atoms with Crippen LogP contribution < -0.4 is 10.2 Å². The van der Waals surface area contributed by atoms with Crippen LogP contribution in [0, 0.1) is 0 Å². The second-order valence-corrected chi connectivity index (χ2v) is 9.42. The number of fused-ring (bicyclic) bond motifs is 1. The van der Waals surface area contributed by atoms with Gasteiger partial charge in [-0.15, -0.1) is 16.9 Å². The van der Waals surface area contributed by atoms with Crippen LogP contribution in [0.25, 0.3) is 0 Å². The van der Waals surface area contributed by atoms with Crippen molar-refractivity contribution in [2.75, 3.05) is 11.5 Å². The highest BCUT2D eigenvalue weighted by atomic mass is 32.2. The van der Waals surface area contributed by atoms with Gasteiger partial charge in [-0.05, 0) is 16.0 Å². The fraction of sp³-hybridized carbons (Fsp3) is 0.400. The highest BCUT2D eigenvalue weighted by molar-refractivity contribution is 8.01. The van der Waals surface area contributed by atoms with Crippen molar-refractivity contribution >= 4 is 52.6 Å². The number of H-pyrrole nitrogens is 1. The summed E-state index contributed by atoms with van der Waals surface area (Å²) < 4.78 is 1.46. The molecule has 31 heavy (non-hydrogen) atoms. The maximum atomic E-state index is 12.7. The summed E-state index contributed by atoms with van der Waals surface area (Å²) in [6, 6.07) is -0.982. The van der Waals surface area contributed by atoms with Crippen LogP contribution in [0.3, 0.4) is 0 Å². The van der Waals surface area contributed by atoms with Gasteiger partial charge in [-0.1, -0.05) is 23.1 Å². The van der Waals surface area contributed by atoms with E-state index < -0.39 is 40.2 Å². The van der Waals surface area contributed by atoms with E-state index in [0.29, 0.717) is 16.5 Å². The first-order valence-electron chi connectivity index (χ1n) is 8.69. The number of thiazole rings is 1. The Balaban J connectivity index is 1.46. The molecule has 3 unspecified atom stereocenters. The van der Waals surface area contributed by atoms with Gasteiger partial charge in [0.2, 0.25) is 5.16 Å². The molecule has 0 aliphatic carbocycles. The summed E-state index contributed by atoms with van der Waals surface area (Å²) in [5.41, 5.74) is 0.441. The smallest absolute Gasteiger partial charge is 0.352 e. The lowest BCUT2D eigenvalue weighted by molar-refractivity contribution is -0.151. The number of aliphatic hydroxyl groups excluding tert-OH is 1. The van der Waals surface area contributed by atoms with Gasteiger partial charge in [-0.2, -0.15) is 0 Å². The molecule has 2 aliphatic rings. The van der Waals surface area contributed by atoms with Crippen molar-refractivity contribution in [2.45, 2.75) is 22.7 Å². The van der Waals surface area contributed by atoms with E-state index in [-0.39, 0.29) is 17.1 Å². The fourth-order valence-corrected chi connectivity index (χ4v) is 6.02. The molecular weight excluding hydrogens is 470 g/mol. The number of hydrogen-bond donors (Lipinski definition) is 4. The van der Waals surface area contributed by atoms with Crippen LogP contribution in [0.5, 0.6) is 0 Å². The number of hydrogen-bond acceptors (Lipinski definition) is 11. The molecule has 164 valence electrons. The zero-order chi connectivity index (χ0) is 22.3. The van der Waals surface area contributed by atoms with E-state index in [1.807, 2.05) is 0 Å². The number of nitrogens with zero attached hydrogens (tertiary/aromatic N) is 5. The van der Waals surface area contributed by atoms with E-state index >= 15 is 0 Å². The Morgan fingerprint density at radius 1 is 1.45 bits per heavy atom. The van der Waals surface area contributed by atoms with Gasteiger partial charge < -0.3 is 20.5 Å². The van der Waals surface area contributed by atoms with Gasteiger partial charge in [0.1, 0.15) is 17.1 Å². The number of aliphatic carboxylic acids is 1. The molecule has 4 heterocycles. The van der Waals surface area contributed by atoms with Crippen LogP contribution in [0.1, 0.15) is 11.8 Å². The minimum atomic E-state index is -1.64. The summed E-state index contributed by atoms with van der Waals surface area (Å²) in [4.78, 5) is 51.1. The van der Waals surface area contributed by atoms with E-state index in [4.69, 9.17) is 0 Å². The summed E-state index contributed by atoms with van der Waals surface area (Å²) in [6.07, 6.45) is -1.64. The van der Waals surface area contributed by atoms with Gasteiger partial charge in [-0.3, -0.25) is 19.3 Å². The van der Waals surface area contributed by atoms with E-state index in [1.54, 1.807) is 7.05 Å². The molecule has 13 nitrogen and oxygen atoms in total. The number of rotatable bonds is 7. The predicted molar refractivity (Wildman–Crippen MR) is 109 cm³/mol. The van der Waals surface area contributed by atoms with Crippen molar-refractivity contribution in [1.29, 1.82) is 0 Å². The Hall–Kier alpha value is -2.69. The number of tetrazole rings is 1. The molecule has 0 aromatic carbocycles. The molecule has 16 heteroatoms. The van der Waals surface area contributed by atoms with E-state index in [9.17, 15) is 29.4 Å². The number of carboxylic acids is 1. The Morgan fingerprint density at radius 3 is 2.84 bits per heavy atom. The van der Waals surface area contributed by atoms with Gasteiger partial charge in [0.15, 0.2) is 6.10 Å². The zero-order valence-corrected chi connectivity index (χ0v) is 18.2. The summed E-state index contributed by atoms with van der Waals surface area (Å²) >= 11 is 3.36. The Bertz CT molecular complexity index is 1140. The van der Waals surface area contributed by atoms with Crippen LogP contribution >= 0.6 is 34.9 Å². The summed E-state index contributed by atoms with van der Waals surface area (Å²) in [5.74, 6) is -2.07. The largest absolute Gasteiger partial charge is 0.477 e. The van der Waals surface area contributed by atoms with E-state index in [0.717, 1.165) is 16.2 Å². The molecule has 3 atom stereocenters. The summed E-state index contributed by atoms with van der Waals surface area (Å²) in [5, 5.41) is 34.5. The topological polar surface area (TPSA) is 183 Å². The normalized spacial score (nSPS) is 21.5. The molecular formula is C15H15N7O6S3. The van der Waals surface area contributed by atoms with Crippen LogP contribution in [0.15, 0.2) is 26.6 Å². The molecule has 2 aliphatic heterocycles. The molecule has 2 amide bonds. The van der Waals surface area contributed by atoms with Gasteiger partial charge in [0.05, 0.1) is 5.69 Å². The number of carboxylic acid groups (broad SMARTS) is 1. The number of nitrogens with one attached hydrogen (secondary N) is 2. The number of aryl methyl sites for hydroxylation is 1. The second kappa shape index (κ2) is 8.45. The molecule has 1 saturated heterocycles. The molecule has 0 radical (unpaired) electrons. The molecule has 4 N–H and O–H groups in total. The maximum Gasteiger partial charge on any atom is 0.352 e. The standard InChI is InChI=1S/C15H15N7O6S3/c1-21-14(18-19-20-21)30-3-5-2-29-12-7(11(25)22(12)8(5)13(26)27)17-10(24)9(23)6-4-31-15(28)16-6/h4,7,9,12,23H,2-3H2,1H3,(H,16,28)(H,17,24)(H,26,27). The molecule has 2 aromatic rings. The number of β-lactam (4-membered cyclic amide) rings is 1. The minimum Gasteiger partial charge on any atom is -0.477 e. The van der Waals surface area contributed by atoms with Crippen LogP contribution in [-0.4, -0.2) is 81.0 Å². The molecule has 0 bridgehead atoms. The maximum absolute atomic E-state index is 12.7. The number of amides is 2. The fourth-order valence-electron chi connectivity index (χ4n) is 3.09. The Kier molecular flexibility index (Phi) is 5.87. The molecule has 2 aromatic heterocycles. The zero-order valence-electron chi connectivity index (χ0n) is 15.7. The van der Waals surface area contributed by atoms with Gasteiger partial charge in [0.25, 0.3) is 11.8 Å². The first-order valence-corrected chi connectivity index (χ1v) is 11.6. The quantitative estimate of drug-likeness (QED) is 0.265. The molecule has 4 rings (SSSR count). The highest BCUT2D eigenvalue weighted by Gasteiger charge is 2.54. The van der Waals surface area contributed by atoms with Gasteiger partial charge >= 0.3 is 10.8 Å². The predicted octanol–water partition coefficient (Wildman–Crippen LogP) is -1.48. The minimum absolute atomic E-state index is 0.0242. The number of aromatic nitrogens is 5. The van der Waals surface area contributed by atoms with Crippen molar-refractivity contribution in [1.82, 2.24) is 35.4 Å². The third-order valence-corrected chi connectivity index (χ3v) is 7.71. The number of carbonyl (C=O) groups excluding carboxylic acids is 2.